The van der Waals surface area contributed by atoms with Crippen molar-refractivity contribution in [1.82, 2.24) is 10.2 Å². The van der Waals surface area contributed by atoms with E-state index in [-0.39, 0.29) is 6.04 Å². The number of aliphatic hydroxyl groups is 1. The molecular formula is C19H26N2O2. The molecule has 0 aliphatic carbocycles. The van der Waals surface area contributed by atoms with E-state index in [2.05, 4.69) is 36.4 Å². The molecule has 2 rings (SSSR count). The topological polar surface area (TPSA) is 44.7 Å². The Bertz CT molecular complexity index is 570. The van der Waals surface area contributed by atoms with Gasteiger partial charge in [-0.25, -0.2) is 0 Å². The average Bonchev–Trinajstić information content (AvgIpc) is 2.59. The van der Waals surface area contributed by atoms with Crippen LogP contribution in [0.15, 0.2) is 54.6 Å². The van der Waals surface area contributed by atoms with Crippen LogP contribution in [0.3, 0.4) is 0 Å². The Morgan fingerprint density at radius 1 is 0.957 bits per heavy atom. The van der Waals surface area contributed by atoms with Crippen LogP contribution in [0.5, 0.6) is 5.75 Å². The van der Waals surface area contributed by atoms with E-state index in [0.717, 1.165) is 17.9 Å². The van der Waals surface area contributed by atoms with Crippen molar-refractivity contribution in [2.75, 3.05) is 34.3 Å². The van der Waals surface area contributed by atoms with Crippen LogP contribution in [0.2, 0.25) is 0 Å². The molecule has 0 aliphatic rings. The summed E-state index contributed by atoms with van der Waals surface area (Å²) in [5.74, 6) is 0.860. The number of benzene rings is 2. The van der Waals surface area contributed by atoms with Gasteiger partial charge in [0.2, 0.25) is 0 Å². The van der Waals surface area contributed by atoms with Gasteiger partial charge in [-0.15, -0.1) is 0 Å². The van der Waals surface area contributed by atoms with Gasteiger partial charge in [-0.05, 0) is 37.4 Å². The second-order valence-corrected chi connectivity index (χ2v) is 5.84. The highest BCUT2D eigenvalue weighted by Crippen LogP contribution is 2.21. The van der Waals surface area contributed by atoms with Crippen molar-refractivity contribution in [3.63, 3.8) is 0 Å². The molecule has 0 saturated heterocycles. The van der Waals surface area contributed by atoms with Crippen LogP contribution in [-0.4, -0.2) is 44.3 Å². The van der Waals surface area contributed by atoms with Crippen LogP contribution >= 0.6 is 0 Å². The summed E-state index contributed by atoms with van der Waals surface area (Å²) in [5.41, 5.74) is 2.16. The van der Waals surface area contributed by atoms with Crippen LogP contribution in [0.25, 0.3) is 0 Å². The van der Waals surface area contributed by atoms with Crippen molar-refractivity contribution < 1.29 is 9.84 Å². The molecule has 2 aromatic rings. The third-order valence-corrected chi connectivity index (χ3v) is 3.98. The molecule has 0 saturated carbocycles. The minimum atomic E-state index is -0.491. The molecular weight excluding hydrogens is 288 g/mol. The predicted molar refractivity (Wildman–Crippen MR) is 93.7 cm³/mol. The number of rotatable bonds is 8. The summed E-state index contributed by atoms with van der Waals surface area (Å²) < 4.78 is 5.21. The quantitative estimate of drug-likeness (QED) is 0.786. The Morgan fingerprint density at radius 2 is 1.61 bits per heavy atom. The normalized spacial score (nSPS) is 13.8. The molecule has 0 fully saturated rings. The van der Waals surface area contributed by atoms with E-state index in [1.54, 1.807) is 7.11 Å². The zero-order valence-electron chi connectivity index (χ0n) is 14.1. The van der Waals surface area contributed by atoms with Crippen molar-refractivity contribution >= 4 is 0 Å². The van der Waals surface area contributed by atoms with Crippen molar-refractivity contribution in [2.45, 2.75) is 12.1 Å². The van der Waals surface area contributed by atoms with E-state index in [1.165, 1.54) is 5.56 Å². The molecule has 2 N–H and O–H groups in total. The Labute approximate surface area is 138 Å². The lowest BCUT2D eigenvalue weighted by Crippen LogP contribution is -2.33. The fourth-order valence-electron chi connectivity index (χ4n) is 2.57. The van der Waals surface area contributed by atoms with Gasteiger partial charge in [-0.1, -0.05) is 42.5 Å². The van der Waals surface area contributed by atoms with Crippen LogP contribution < -0.4 is 10.1 Å². The molecule has 4 heteroatoms. The molecule has 0 heterocycles. The van der Waals surface area contributed by atoms with Crippen LogP contribution in [0.1, 0.15) is 23.3 Å². The lowest BCUT2D eigenvalue weighted by Gasteiger charge is -2.26. The molecule has 124 valence electrons. The van der Waals surface area contributed by atoms with Gasteiger partial charge in [-0.2, -0.15) is 0 Å². The molecule has 2 atom stereocenters. The van der Waals surface area contributed by atoms with E-state index in [9.17, 15) is 5.11 Å². The maximum absolute atomic E-state index is 10.2. The SMILES string of the molecule is COc1ccc([C@H](CNC[C@H](O)c2ccccc2)N(C)C)cc1. The standard InChI is InChI=1S/C19H26N2O2/c1-21(2)18(15-9-11-17(23-3)12-10-15)13-20-14-19(22)16-7-5-4-6-8-16/h4-12,18-20,22H,13-14H2,1-3H3/t18-,19-/m0/s1. The van der Waals surface area contributed by atoms with Gasteiger partial charge in [0.25, 0.3) is 0 Å². The molecule has 0 bridgehead atoms. The largest absolute Gasteiger partial charge is 0.497 e. The van der Waals surface area contributed by atoms with Crippen molar-refractivity contribution in [3.8, 4) is 5.75 Å². The van der Waals surface area contributed by atoms with Gasteiger partial charge < -0.3 is 20.1 Å². The van der Waals surface area contributed by atoms with Crippen molar-refractivity contribution in [1.29, 1.82) is 0 Å². The fraction of sp³-hybridized carbons (Fsp3) is 0.368. The summed E-state index contributed by atoms with van der Waals surface area (Å²) in [6.07, 6.45) is -0.491. The summed E-state index contributed by atoms with van der Waals surface area (Å²) in [6, 6.07) is 18.1. The molecule has 0 spiro atoms. The third-order valence-electron chi connectivity index (χ3n) is 3.98. The number of nitrogens with zero attached hydrogens (tertiary/aromatic N) is 1. The highest BCUT2D eigenvalue weighted by Gasteiger charge is 2.15. The van der Waals surface area contributed by atoms with Crippen LogP contribution in [0.4, 0.5) is 0 Å². The van der Waals surface area contributed by atoms with E-state index < -0.39 is 6.10 Å². The lowest BCUT2D eigenvalue weighted by atomic mass is 10.1. The molecule has 0 unspecified atom stereocenters. The predicted octanol–water partition coefficient (Wildman–Crippen LogP) is 2.62. The minimum absolute atomic E-state index is 0.240. The maximum Gasteiger partial charge on any atom is 0.118 e. The fourth-order valence-corrected chi connectivity index (χ4v) is 2.57. The molecule has 0 aliphatic heterocycles. The van der Waals surface area contributed by atoms with Gasteiger partial charge in [0.05, 0.1) is 13.2 Å². The van der Waals surface area contributed by atoms with Gasteiger partial charge >= 0.3 is 0 Å². The first-order chi connectivity index (χ1) is 11.1. The highest BCUT2D eigenvalue weighted by atomic mass is 16.5. The molecule has 2 aromatic carbocycles. The number of aliphatic hydroxyl groups excluding tert-OH is 1. The highest BCUT2D eigenvalue weighted by molar-refractivity contribution is 5.29. The maximum atomic E-state index is 10.2. The summed E-state index contributed by atoms with van der Waals surface area (Å²) >= 11 is 0. The van der Waals surface area contributed by atoms with E-state index in [1.807, 2.05) is 42.5 Å². The minimum Gasteiger partial charge on any atom is -0.497 e. The molecule has 0 aromatic heterocycles. The second-order valence-electron chi connectivity index (χ2n) is 5.84. The van der Waals surface area contributed by atoms with Crippen molar-refractivity contribution in [2.24, 2.45) is 0 Å². The lowest BCUT2D eigenvalue weighted by molar-refractivity contribution is 0.169. The Balaban J connectivity index is 1.92. The first-order valence-corrected chi connectivity index (χ1v) is 7.86. The monoisotopic (exact) mass is 314 g/mol. The van der Waals surface area contributed by atoms with Gasteiger partial charge in [0.1, 0.15) is 5.75 Å². The molecule has 0 radical (unpaired) electrons. The number of ether oxygens (including phenoxy) is 1. The summed E-state index contributed by atoms with van der Waals surface area (Å²) in [4.78, 5) is 2.17. The summed E-state index contributed by atoms with van der Waals surface area (Å²) in [6.45, 7) is 1.30. The zero-order chi connectivity index (χ0) is 16.7. The number of methoxy groups -OCH3 is 1. The average molecular weight is 314 g/mol. The summed E-state index contributed by atoms with van der Waals surface area (Å²) in [5, 5.41) is 13.6. The van der Waals surface area contributed by atoms with Gasteiger partial charge in [0.15, 0.2) is 0 Å². The van der Waals surface area contributed by atoms with Gasteiger partial charge in [-0.3, -0.25) is 0 Å². The third kappa shape index (κ3) is 5.06. The molecule has 0 amide bonds. The molecule has 4 nitrogen and oxygen atoms in total. The van der Waals surface area contributed by atoms with E-state index >= 15 is 0 Å². The first-order valence-electron chi connectivity index (χ1n) is 7.86. The number of likely N-dealkylation sites (N-methyl/N-ethyl adjacent to an activating group) is 1. The van der Waals surface area contributed by atoms with Crippen LogP contribution in [0, 0.1) is 0 Å². The molecule has 23 heavy (non-hydrogen) atoms. The van der Waals surface area contributed by atoms with Crippen LogP contribution in [-0.2, 0) is 0 Å². The Morgan fingerprint density at radius 3 is 2.17 bits per heavy atom. The summed E-state index contributed by atoms with van der Waals surface area (Å²) in [7, 11) is 5.79. The van der Waals surface area contributed by atoms with Crippen molar-refractivity contribution in [3.05, 3.63) is 65.7 Å². The zero-order valence-corrected chi connectivity index (χ0v) is 14.1. The van der Waals surface area contributed by atoms with E-state index in [4.69, 9.17) is 4.74 Å². The Kier molecular flexibility index (Phi) is 6.59. The second kappa shape index (κ2) is 8.67. The number of hydrogen-bond donors (Lipinski definition) is 2. The number of hydrogen-bond acceptors (Lipinski definition) is 4. The smallest absolute Gasteiger partial charge is 0.118 e. The Hall–Kier alpha value is -1.88. The number of nitrogens with one attached hydrogen (secondary N) is 1. The van der Waals surface area contributed by atoms with E-state index in [0.29, 0.717) is 6.54 Å². The van der Waals surface area contributed by atoms with Gasteiger partial charge in [0, 0.05) is 19.1 Å². The first kappa shape index (κ1) is 17.5.